The van der Waals surface area contributed by atoms with Crippen LogP contribution in [0.25, 0.3) is 11.0 Å². The highest BCUT2D eigenvalue weighted by atomic mass is 16.3. The first-order chi connectivity index (χ1) is 9.92. The molecule has 3 heterocycles. The van der Waals surface area contributed by atoms with Gasteiger partial charge >= 0.3 is 0 Å². The number of para-hydroxylation sites is 1. The van der Waals surface area contributed by atoms with Crippen molar-refractivity contribution < 1.29 is 4.42 Å². The first kappa shape index (κ1) is 12.4. The average Bonchev–Trinajstić information content (AvgIpc) is 3.19. The summed E-state index contributed by atoms with van der Waals surface area (Å²) < 4.78 is 5.68. The molecule has 2 aromatic rings. The van der Waals surface area contributed by atoms with E-state index in [0.717, 1.165) is 12.1 Å². The molecule has 20 heavy (non-hydrogen) atoms. The van der Waals surface area contributed by atoms with Gasteiger partial charge in [0.15, 0.2) is 0 Å². The van der Waals surface area contributed by atoms with Crippen LogP contribution in [0.15, 0.2) is 34.9 Å². The van der Waals surface area contributed by atoms with E-state index < -0.39 is 0 Å². The average molecular weight is 270 g/mol. The van der Waals surface area contributed by atoms with E-state index in [1.807, 2.05) is 12.3 Å². The lowest BCUT2D eigenvalue weighted by Crippen LogP contribution is -2.43. The minimum atomic E-state index is 0.704. The van der Waals surface area contributed by atoms with Crippen molar-refractivity contribution in [2.45, 2.75) is 44.3 Å². The number of nitrogens with one attached hydrogen (secondary N) is 1. The third-order valence-corrected chi connectivity index (χ3v) is 4.91. The number of nitrogens with zero attached hydrogens (tertiary/aromatic N) is 1. The SMILES string of the molecule is c1ccc2c(CN3CCCC3C3CCCN3)coc2c1. The molecule has 0 amide bonds. The Bertz CT molecular complexity index is 585. The minimum absolute atomic E-state index is 0.704. The molecule has 0 bridgehead atoms. The quantitative estimate of drug-likeness (QED) is 0.928. The molecule has 1 aromatic heterocycles. The Morgan fingerprint density at radius 1 is 1.20 bits per heavy atom. The van der Waals surface area contributed by atoms with Crippen molar-refractivity contribution in [1.29, 1.82) is 0 Å². The highest BCUT2D eigenvalue weighted by Crippen LogP contribution is 2.29. The number of fused-ring (bicyclic) bond motifs is 1. The maximum absolute atomic E-state index is 5.68. The van der Waals surface area contributed by atoms with Gasteiger partial charge in [-0.25, -0.2) is 0 Å². The summed E-state index contributed by atoms with van der Waals surface area (Å²) in [5.74, 6) is 0. The van der Waals surface area contributed by atoms with Gasteiger partial charge < -0.3 is 9.73 Å². The van der Waals surface area contributed by atoms with Crippen molar-refractivity contribution in [3.63, 3.8) is 0 Å². The molecule has 2 fully saturated rings. The number of hydrogen-bond donors (Lipinski definition) is 1. The summed E-state index contributed by atoms with van der Waals surface area (Å²) in [7, 11) is 0. The third-order valence-electron chi connectivity index (χ3n) is 4.91. The van der Waals surface area contributed by atoms with E-state index in [1.165, 1.54) is 49.7 Å². The summed E-state index contributed by atoms with van der Waals surface area (Å²) in [6, 6.07) is 9.78. The molecular formula is C17H22N2O. The Morgan fingerprint density at radius 3 is 3.05 bits per heavy atom. The fourth-order valence-corrected chi connectivity index (χ4v) is 3.92. The van der Waals surface area contributed by atoms with E-state index in [1.54, 1.807) is 0 Å². The van der Waals surface area contributed by atoms with Crippen LogP contribution >= 0.6 is 0 Å². The molecule has 2 aliphatic heterocycles. The van der Waals surface area contributed by atoms with E-state index in [9.17, 15) is 0 Å². The van der Waals surface area contributed by atoms with Crippen LogP contribution in [0.2, 0.25) is 0 Å². The molecule has 1 N–H and O–H groups in total. The second kappa shape index (κ2) is 5.23. The van der Waals surface area contributed by atoms with Crippen LogP contribution in [-0.2, 0) is 6.54 Å². The fraction of sp³-hybridized carbons (Fsp3) is 0.529. The van der Waals surface area contributed by atoms with Gasteiger partial charge in [0.05, 0.1) is 6.26 Å². The molecule has 0 spiro atoms. The van der Waals surface area contributed by atoms with Gasteiger partial charge in [0.2, 0.25) is 0 Å². The lowest BCUT2D eigenvalue weighted by Gasteiger charge is -2.29. The van der Waals surface area contributed by atoms with Crippen LogP contribution in [0.3, 0.4) is 0 Å². The molecule has 106 valence electrons. The molecule has 4 rings (SSSR count). The minimum Gasteiger partial charge on any atom is -0.464 e. The monoisotopic (exact) mass is 270 g/mol. The summed E-state index contributed by atoms with van der Waals surface area (Å²) in [6.45, 7) is 3.45. The molecule has 2 saturated heterocycles. The van der Waals surface area contributed by atoms with Crippen molar-refractivity contribution in [3.8, 4) is 0 Å². The Morgan fingerprint density at radius 2 is 2.15 bits per heavy atom. The molecule has 3 nitrogen and oxygen atoms in total. The highest BCUT2D eigenvalue weighted by Gasteiger charge is 2.33. The standard InChI is InChI=1S/C17H22N2O/c1-2-8-17-14(5-1)13(12-20-17)11-19-10-4-7-16(19)15-6-3-9-18-15/h1-2,5,8,12,15-16,18H,3-4,6-7,9-11H2. The predicted octanol–water partition coefficient (Wildman–Crippen LogP) is 3.15. The van der Waals surface area contributed by atoms with E-state index in [4.69, 9.17) is 4.42 Å². The van der Waals surface area contributed by atoms with Crippen molar-refractivity contribution in [3.05, 3.63) is 36.1 Å². The van der Waals surface area contributed by atoms with Gasteiger partial charge in [0.25, 0.3) is 0 Å². The zero-order valence-electron chi connectivity index (χ0n) is 11.8. The summed E-state index contributed by atoms with van der Waals surface area (Å²) in [6.07, 6.45) is 7.30. The molecule has 1 aromatic carbocycles. The first-order valence-electron chi connectivity index (χ1n) is 7.84. The maximum Gasteiger partial charge on any atom is 0.134 e. The highest BCUT2D eigenvalue weighted by molar-refractivity contribution is 5.80. The fourth-order valence-electron chi connectivity index (χ4n) is 3.92. The summed E-state index contributed by atoms with van der Waals surface area (Å²) >= 11 is 0. The first-order valence-corrected chi connectivity index (χ1v) is 7.84. The molecule has 0 radical (unpaired) electrons. The van der Waals surface area contributed by atoms with Crippen LogP contribution in [0, 0.1) is 0 Å². The smallest absolute Gasteiger partial charge is 0.134 e. The lowest BCUT2D eigenvalue weighted by molar-refractivity contribution is 0.206. The van der Waals surface area contributed by atoms with Crippen LogP contribution in [0.1, 0.15) is 31.2 Å². The van der Waals surface area contributed by atoms with Gasteiger partial charge in [0, 0.05) is 29.6 Å². The molecule has 2 atom stereocenters. The summed E-state index contributed by atoms with van der Waals surface area (Å²) in [5, 5.41) is 4.96. The van der Waals surface area contributed by atoms with Crippen molar-refractivity contribution in [2.24, 2.45) is 0 Å². The number of hydrogen-bond acceptors (Lipinski definition) is 3. The van der Waals surface area contributed by atoms with Crippen molar-refractivity contribution in [2.75, 3.05) is 13.1 Å². The number of likely N-dealkylation sites (tertiary alicyclic amines) is 1. The second-order valence-corrected chi connectivity index (χ2v) is 6.14. The largest absolute Gasteiger partial charge is 0.464 e. The van der Waals surface area contributed by atoms with Crippen LogP contribution in [0.4, 0.5) is 0 Å². The topological polar surface area (TPSA) is 28.4 Å². The van der Waals surface area contributed by atoms with Crippen LogP contribution < -0.4 is 5.32 Å². The number of furan rings is 1. The Balaban J connectivity index is 1.55. The van der Waals surface area contributed by atoms with Crippen molar-refractivity contribution >= 4 is 11.0 Å². The molecule has 0 aliphatic carbocycles. The molecular weight excluding hydrogens is 248 g/mol. The second-order valence-electron chi connectivity index (χ2n) is 6.14. The Kier molecular flexibility index (Phi) is 3.25. The molecule has 2 unspecified atom stereocenters. The van der Waals surface area contributed by atoms with Gasteiger partial charge in [-0.1, -0.05) is 18.2 Å². The molecule has 3 heteroatoms. The number of benzene rings is 1. The summed E-state index contributed by atoms with van der Waals surface area (Å²) in [5.41, 5.74) is 2.35. The van der Waals surface area contributed by atoms with Gasteiger partial charge in [-0.2, -0.15) is 0 Å². The normalized spacial score (nSPS) is 27.6. The number of rotatable bonds is 3. The van der Waals surface area contributed by atoms with Crippen LogP contribution in [-0.4, -0.2) is 30.1 Å². The predicted molar refractivity (Wildman–Crippen MR) is 80.7 cm³/mol. The zero-order valence-corrected chi connectivity index (χ0v) is 11.8. The third kappa shape index (κ3) is 2.15. The van der Waals surface area contributed by atoms with Crippen LogP contribution in [0.5, 0.6) is 0 Å². The molecule has 2 aliphatic rings. The van der Waals surface area contributed by atoms with E-state index in [2.05, 4.69) is 28.4 Å². The van der Waals surface area contributed by atoms with E-state index in [-0.39, 0.29) is 0 Å². The Hall–Kier alpha value is -1.32. The van der Waals surface area contributed by atoms with Gasteiger partial charge in [-0.3, -0.25) is 4.90 Å². The van der Waals surface area contributed by atoms with E-state index >= 15 is 0 Å². The van der Waals surface area contributed by atoms with Gasteiger partial charge in [0.1, 0.15) is 5.58 Å². The zero-order chi connectivity index (χ0) is 13.4. The van der Waals surface area contributed by atoms with Gasteiger partial charge in [-0.15, -0.1) is 0 Å². The summed E-state index contributed by atoms with van der Waals surface area (Å²) in [4.78, 5) is 2.65. The lowest BCUT2D eigenvalue weighted by atomic mass is 10.0. The molecule has 0 saturated carbocycles. The van der Waals surface area contributed by atoms with E-state index in [0.29, 0.717) is 12.1 Å². The Labute approximate surface area is 119 Å². The maximum atomic E-state index is 5.68. The van der Waals surface area contributed by atoms with Crippen molar-refractivity contribution in [1.82, 2.24) is 10.2 Å². The van der Waals surface area contributed by atoms with Gasteiger partial charge in [-0.05, 0) is 44.8 Å².